The van der Waals surface area contributed by atoms with Crippen LogP contribution in [-0.2, 0) is 10.9 Å². The van der Waals surface area contributed by atoms with Gasteiger partial charge in [-0.3, -0.25) is 4.79 Å². The number of halogens is 3. The average molecular weight is 271 g/mol. The third-order valence-corrected chi connectivity index (χ3v) is 2.22. The minimum Gasteiger partial charge on any atom is -0.462 e. The molecule has 19 heavy (non-hydrogen) atoms. The molecule has 0 aliphatic rings. The summed E-state index contributed by atoms with van der Waals surface area (Å²) >= 11 is 0. The van der Waals surface area contributed by atoms with E-state index in [9.17, 15) is 22.8 Å². The van der Waals surface area contributed by atoms with E-state index in [4.69, 9.17) is 5.26 Å². The van der Waals surface area contributed by atoms with Crippen LogP contribution in [0, 0.1) is 11.3 Å². The van der Waals surface area contributed by atoms with Crippen LogP contribution in [0.15, 0.2) is 12.1 Å². The predicted octanol–water partition coefficient (Wildman–Crippen LogP) is 2.57. The zero-order valence-corrected chi connectivity index (χ0v) is 9.75. The molecule has 0 unspecified atom stereocenters. The van der Waals surface area contributed by atoms with Crippen LogP contribution in [0.1, 0.15) is 38.8 Å². The van der Waals surface area contributed by atoms with Crippen molar-refractivity contribution in [1.82, 2.24) is 0 Å². The zero-order valence-electron chi connectivity index (χ0n) is 9.75. The zero-order chi connectivity index (χ0) is 14.6. The van der Waals surface area contributed by atoms with Crippen molar-refractivity contribution in [3.8, 4) is 6.07 Å². The van der Waals surface area contributed by atoms with Crippen molar-refractivity contribution in [2.75, 3.05) is 6.61 Å². The minimum atomic E-state index is -4.71. The molecule has 0 N–H and O–H groups in total. The summed E-state index contributed by atoms with van der Waals surface area (Å²) in [6.07, 6.45) is -4.63. The van der Waals surface area contributed by atoms with Crippen LogP contribution in [0.4, 0.5) is 13.2 Å². The Morgan fingerprint density at radius 2 is 2.11 bits per heavy atom. The summed E-state index contributed by atoms with van der Waals surface area (Å²) in [4.78, 5) is 22.4. The van der Waals surface area contributed by atoms with Crippen LogP contribution in [-0.4, -0.2) is 18.9 Å². The van der Waals surface area contributed by atoms with Gasteiger partial charge in [-0.05, 0) is 19.1 Å². The maximum Gasteiger partial charge on any atom is 0.416 e. The number of hydrogen-bond acceptors (Lipinski definition) is 4. The van der Waals surface area contributed by atoms with E-state index in [0.29, 0.717) is 12.1 Å². The monoisotopic (exact) mass is 271 g/mol. The van der Waals surface area contributed by atoms with Crippen molar-refractivity contribution >= 4 is 12.3 Å². The number of carbonyl (C=O) groups is 2. The average Bonchev–Trinajstić information content (AvgIpc) is 2.36. The molecule has 1 aromatic carbocycles. The molecular weight excluding hydrogens is 263 g/mol. The summed E-state index contributed by atoms with van der Waals surface area (Å²) < 4.78 is 42.3. The molecule has 0 aliphatic heterocycles. The lowest BCUT2D eigenvalue weighted by atomic mass is 9.98. The molecule has 0 radical (unpaired) electrons. The SMILES string of the molecule is CCOC(=O)c1c(C#N)cc(C(F)(F)F)cc1C=O. The second-order valence-corrected chi connectivity index (χ2v) is 3.44. The van der Waals surface area contributed by atoms with E-state index in [1.165, 1.54) is 13.0 Å². The first-order chi connectivity index (χ1) is 8.85. The van der Waals surface area contributed by atoms with Crippen LogP contribution in [0.5, 0.6) is 0 Å². The Bertz CT molecular complexity index is 559. The van der Waals surface area contributed by atoms with Gasteiger partial charge in [0.15, 0.2) is 6.29 Å². The Morgan fingerprint density at radius 3 is 2.53 bits per heavy atom. The normalized spacial score (nSPS) is 10.7. The van der Waals surface area contributed by atoms with Crippen molar-refractivity contribution in [2.45, 2.75) is 13.1 Å². The fourth-order valence-corrected chi connectivity index (χ4v) is 1.44. The van der Waals surface area contributed by atoms with Gasteiger partial charge in [0.05, 0.1) is 23.3 Å². The molecule has 0 saturated carbocycles. The fourth-order valence-electron chi connectivity index (χ4n) is 1.44. The van der Waals surface area contributed by atoms with Gasteiger partial charge in [0.1, 0.15) is 6.07 Å². The number of alkyl halides is 3. The van der Waals surface area contributed by atoms with E-state index in [1.807, 2.05) is 0 Å². The summed E-state index contributed by atoms with van der Waals surface area (Å²) in [6.45, 7) is 1.47. The van der Waals surface area contributed by atoms with Crippen LogP contribution in [0.2, 0.25) is 0 Å². The van der Waals surface area contributed by atoms with Gasteiger partial charge in [0.2, 0.25) is 0 Å². The van der Waals surface area contributed by atoms with Crippen LogP contribution in [0.25, 0.3) is 0 Å². The van der Waals surface area contributed by atoms with Gasteiger partial charge in [0, 0.05) is 5.56 Å². The van der Waals surface area contributed by atoms with Crippen molar-refractivity contribution in [3.05, 3.63) is 34.4 Å². The first-order valence-electron chi connectivity index (χ1n) is 5.12. The number of benzene rings is 1. The number of nitriles is 1. The molecule has 0 aromatic heterocycles. The lowest BCUT2D eigenvalue weighted by Gasteiger charge is -2.11. The first-order valence-corrected chi connectivity index (χ1v) is 5.12. The molecule has 1 rings (SSSR count). The van der Waals surface area contributed by atoms with E-state index in [-0.39, 0.29) is 12.9 Å². The van der Waals surface area contributed by atoms with Crippen LogP contribution in [0.3, 0.4) is 0 Å². The Morgan fingerprint density at radius 1 is 1.47 bits per heavy atom. The molecule has 0 heterocycles. The maximum atomic E-state index is 12.6. The van der Waals surface area contributed by atoms with Gasteiger partial charge in [-0.2, -0.15) is 18.4 Å². The van der Waals surface area contributed by atoms with E-state index in [1.54, 1.807) is 0 Å². The molecule has 7 heteroatoms. The van der Waals surface area contributed by atoms with E-state index >= 15 is 0 Å². The van der Waals surface area contributed by atoms with E-state index in [2.05, 4.69) is 4.74 Å². The Balaban J connectivity index is 3.52. The minimum absolute atomic E-state index is 0.0248. The molecular formula is C12H8F3NO3. The Labute approximate surface area is 106 Å². The third-order valence-electron chi connectivity index (χ3n) is 2.22. The summed E-state index contributed by atoms with van der Waals surface area (Å²) in [6, 6.07) is 2.49. The van der Waals surface area contributed by atoms with Gasteiger partial charge in [0.25, 0.3) is 0 Å². The predicted molar refractivity (Wildman–Crippen MR) is 57.5 cm³/mol. The van der Waals surface area contributed by atoms with Gasteiger partial charge < -0.3 is 4.74 Å². The molecule has 0 fully saturated rings. The molecule has 4 nitrogen and oxygen atoms in total. The summed E-state index contributed by atoms with van der Waals surface area (Å²) in [5.41, 5.74) is -2.69. The fraction of sp³-hybridized carbons (Fsp3) is 0.250. The smallest absolute Gasteiger partial charge is 0.416 e. The number of ether oxygens (including phenoxy) is 1. The number of aldehydes is 1. The van der Waals surface area contributed by atoms with Crippen molar-refractivity contribution in [3.63, 3.8) is 0 Å². The highest BCUT2D eigenvalue weighted by Gasteiger charge is 2.33. The Hall–Kier alpha value is -2.36. The highest BCUT2D eigenvalue weighted by molar-refractivity contribution is 6.00. The summed E-state index contributed by atoms with van der Waals surface area (Å²) in [5, 5.41) is 8.80. The number of carbonyl (C=O) groups excluding carboxylic acids is 2. The third kappa shape index (κ3) is 3.10. The van der Waals surface area contributed by atoms with Gasteiger partial charge in [-0.1, -0.05) is 0 Å². The molecule has 0 atom stereocenters. The second-order valence-electron chi connectivity index (χ2n) is 3.44. The quantitative estimate of drug-likeness (QED) is 0.626. The van der Waals surface area contributed by atoms with Gasteiger partial charge in [-0.25, -0.2) is 4.79 Å². The molecule has 100 valence electrons. The molecule has 0 saturated heterocycles. The number of esters is 1. The largest absolute Gasteiger partial charge is 0.462 e. The first kappa shape index (κ1) is 14.7. The standard InChI is InChI=1S/C12H8F3NO3/c1-2-19-11(18)10-7(5-16)3-9(12(13,14)15)4-8(10)6-17/h3-4,6H,2H2,1H3. The van der Waals surface area contributed by atoms with E-state index in [0.717, 1.165) is 0 Å². The second kappa shape index (κ2) is 5.52. The van der Waals surface area contributed by atoms with Crippen LogP contribution >= 0.6 is 0 Å². The van der Waals surface area contributed by atoms with Crippen molar-refractivity contribution in [2.24, 2.45) is 0 Å². The Kier molecular flexibility index (Phi) is 4.27. The lowest BCUT2D eigenvalue weighted by Crippen LogP contribution is -2.14. The molecule has 1 aromatic rings. The topological polar surface area (TPSA) is 67.2 Å². The lowest BCUT2D eigenvalue weighted by molar-refractivity contribution is -0.137. The van der Waals surface area contributed by atoms with Crippen molar-refractivity contribution < 1.29 is 27.5 Å². The molecule has 0 bridgehead atoms. The molecule has 0 spiro atoms. The highest BCUT2D eigenvalue weighted by atomic mass is 19.4. The molecule has 0 amide bonds. The van der Waals surface area contributed by atoms with Crippen molar-refractivity contribution in [1.29, 1.82) is 5.26 Å². The van der Waals surface area contributed by atoms with Crippen LogP contribution < -0.4 is 0 Å². The van der Waals surface area contributed by atoms with Gasteiger partial charge >= 0.3 is 12.1 Å². The highest BCUT2D eigenvalue weighted by Crippen LogP contribution is 2.32. The molecule has 0 aliphatic carbocycles. The number of hydrogen-bond donors (Lipinski definition) is 0. The summed E-state index contributed by atoms with van der Waals surface area (Å²) in [5.74, 6) is -1.00. The number of rotatable bonds is 3. The van der Waals surface area contributed by atoms with E-state index < -0.39 is 34.4 Å². The number of nitrogens with zero attached hydrogens (tertiary/aromatic N) is 1. The summed E-state index contributed by atoms with van der Waals surface area (Å²) in [7, 11) is 0. The van der Waals surface area contributed by atoms with Gasteiger partial charge in [-0.15, -0.1) is 0 Å². The maximum absolute atomic E-state index is 12.6.